The molecule has 2 saturated carbocycles. The molecule has 6 rings (SSSR count). The summed E-state index contributed by atoms with van der Waals surface area (Å²) < 4.78 is 11.7. The van der Waals surface area contributed by atoms with E-state index in [0.717, 1.165) is 62.9 Å². The Morgan fingerprint density at radius 1 is 1.19 bits per heavy atom. The van der Waals surface area contributed by atoms with Crippen LogP contribution >= 0.6 is 0 Å². The van der Waals surface area contributed by atoms with Gasteiger partial charge < -0.3 is 14.8 Å². The smallest absolute Gasteiger partial charge is 0.255 e. The maximum absolute atomic E-state index is 12.7. The summed E-state index contributed by atoms with van der Waals surface area (Å²) in [6, 6.07) is 5.85. The fourth-order valence-electron chi connectivity index (χ4n) is 5.68. The quantitative estimate of drug-likeness (QED) is 0.658. The predicted molar refractivity (Wildman–Crippen MR) is 122 cm³/mol. The average molecular weight is 425 g/mol. The largest absolute Gasteiger partial charge is 0.497 e. The van der Waals surface area contributed by atoms with E-state index in [1.807, 2.05) is 18.2 Å². The molecule has 0 spiro atoms. The van der Waals surface area contributed by atoms with Gasteiger partial charge in [0.15, 0.2) is 0 Å². The fourth-order valence-corrected chi connectivity index (χ4v) is 5.68. The standard InChI is InChI=1S/C26H36N2O3/c1-26(2)18-5-4-17(23(26)14-18)16-28-12-10-20(11-13-28)31-24-15-21(30-3)8-9-22(24)25(29)27-19-6-7-19/h4,8-9,15,18-20,23H,5-7,10-14,16H2,1-3H3,(H,27,29)/t18-,23-/m0/s1. The number of fused-ring (bicyclic) bond motifs is 1. The molecule has 1 saturated heterocycles. The Balaban J connectivity index is 1.19. The molecule has 1 N–H and O–H groups in total. The lowest BCUT2D eigenvalue weighted by atomic mass is 9.49. The molecule has 1 amide bonds. The molecule has 2 bridgehead atoms. The highest BCUT2D eigenvalue weighted by atomic mass is 16.5. The summed E-state index contributed by atoms with van der Waals surface area (Å²) in [4.78, 5) is 15.3. The molecule has 0 aromatic heterocycles. The molecule has 1 aromatic rings. The summed E-state index contributed by atoms with van der Waals surface area (Å²) in [6.07, 6.45) is 9.45. The van der Waals surface area contributed by atoms with Crippen LogP contribution in [0.15, 0.2) is 29.8 Å². The van der Waals surface area contributed by atoms with Crippen LogP contribution in [0.25, 0.3) is 0 Å². The summed E-state index contributed by atoms with van der Waals surface area (Å²) >= 11 is 0. The highest BCUT2D eigenvalue weighted by Gasteiger charge is 2.51. The van der Waals surface area contributed by atoms with Crippen LogP contribution < -0.4 is 14.8 Å². The maximum Gasteiger partial charge on any atom is 0.255 e. The Hall–Kier alpha value is -2.01. The lowest BCUT2D eigenvalue weighted by Gasteiger charge is -2.57. The first-order valence-electron chi connectivity index (χ1n) is 12.0. The van der Waals surface area contributed by atoms with Crippen LogP contribution in [0.2, 0.25) is 0 Å². The molecule has 0 radical (unpaired) electrons. The van der Waals surface area contributed by atoms with Gasteiger partial charge in [-0.25, -0.2) is 0 Å². The normalized spacial score (nSPS) is 27.8. The number of methoxy groups -OCH3 is 1. The number of amides is 1. The Kier molecular flexibility index (Phi) is 5.49. The van der Waals surface area contributed by atoms with Gasteiger partial charge in [0.25, 0.3) is 5.91 Å². The van der Waals surface area contributed by atoms with Crippen molar-refractivity contribution < 1.29 is 14.3 Å². The molecule has 1 heterocycles. The average Bonchev–Trinajstić information content (AvgIpc) is 3.59. The van der Waals surface area contributed by atoms with E-state index in [1.165, 1.54) is 12.8 Å². The molecule has 31 heavy (non-hydrogen) atoms. The number of piperidine rings is 1. The molecule has 5 heteroatoms. The van der Waals surface area contributed by atoms with Gasteiger partial charge in [-0.1, -0.05) is 25.5 Å². The van der Waals surface area contributed by atoms with Crippen molar-refractivity contribution >= 4 is 5.91 Å². The van der Waals surface area contributed by atoms with E-state index in [2.05, 4.69) is 30.1 Å². The molecule has 1 aromatic carbocycles. The van der Waals surface area contributed by atoms with Crippen LogP contribution in [-0.2, 0) is 0 Å². The van der Waals surface area contributed by atoms with E-state index in [9.17, 15) is 4.79 Å². The highest BCUT2D eigenvalue weighted by Crippen LogP contribution is 2.59. The number of nitrogens with zero attached hydrogens (tertiary/aromatic N) is 1. The molecule has 1 aliphatic heterocycles. The minimum atomic E-state index is -0.0387. The summed E-state index contributed by atoms with van der Waals surface area (Å²) in [5, 5.41) is 3.08. The summed E-state index contributed by atoms with van der Waals surface area (Å²) in [5.41, 5.74) is 2.78. The minimum Gasteiger partial charge on any atom is -0.497 e. The second-order valence-corrected chi connectivity index (χ2v) is 10.5. The summed E-state index contributed by atoms with van der Waals surface area (Å²) in [5.74, 6) is 3.01. The van der Waals surface area contributed by atoms with Crippen molar-refractivity contribution in [1.82, 2.24) is 10.2 Å². The number of ether oxygens (including phenoxy) is 2. The second-order valence-electron chi connectivity index (χ2n) is 10.5. The van der Waals surface area contributed by atoms with Gasteiger partial charge in [0.2, 0.25) is 0 Å². The lowest BCUT2D eigenvalue weighted by molar-refractivity contribution is -0.0123. The third kappa shape index (κ3) is 4.21. The molecule has 5 nitrogen and oxygen atoms in total. The topological polar surface area (TPSA) is 50.8 Å². The van der Waals surface area contributed by atoms with Crippen molar-refractivity contribution in [3.63, 3.8) is 0 Å². The monoisotopic (exact) mass is 424 g/mol. The zero-order valence-corrected chi connectivity index (χ0v) is 19.2. The van der Waals surface area contributed by atoms with Crippen LogP contribution in [0.5, 0.6) is 11.5 Å². The van der Waals surface area contributed by atoms with Crippen LogP contribution in [0.4, 0.5) is 0 Å². The maximum atomic E-state index is 12.7. The first-order chi connectivity index (χ1) is 14.9. The number of benzene rings is 1. The van der Waals surface area contributed by atoms with Crippen molar-refractivity contribution in [3.8, 4) is 11.5 Å². The first kappa shape index (κ1) is 20.9. The van der Waals surface area contributed by atoms with Gasteiger partial charge in [0.1, 0.15) is 17.6 Å². The number of allylic oxidation sites excluding steroid dienone is 1. The third-order valence-electron chi connectivity index (χ3n) is 8.16. The number of nitrogens with one attached hydrogen (secondary N) is 1. The van der Waals surface area contributed by atoms with Gasteiger partial charge >= 0.3 is 0 Å². The van der Waals surface area contributed by atoms with Gasteiger partial charge in [-0.3, -0.25) is 9.69 Å². The number of carbonyl (C=O) groups excluding carboxylic acids is 1. The number of hydrogen-bond acceptors (Lipinski definition) is 4. The molecule has 5 aliphatic rings. The second kappa shape index (κ2) is 8.16. The Morgan fingerprint density at radius 2 is 1.97 bits per heavy atom. The highest BCUT2D eigenvalue weighted by molar-refractivity contribution is 5.97. The van der Waals surface area contributed by atoms with E-state index >= 15 is 0 Å². The van der Waals surface area contributed by atoms with E-state index in [1.54, 1.807) is 12.7 Å². The minimum absolute atomic E-state index is 0.0387. The third-order valence-corrected chi connectivity index (χ3v) is 8.16. The number of hydrogen-bond donors (Lipinski definition) is 1. The van der Waals surface area contributed by atoms with Crippen LogP contribution in [0, 0.1) is 17.3 Å². The summed E-state index contributed by atoms with van der Waals surface area (Å²) in [6.45, 7) is 8.11. The number of carbonyl (C=O) groups is 1. The van der Waals surface area contributed by atoms with Crippen LogP contribution in [-0.4, -0.2) is 49.7 Å². The predicted octanol–water partition coefficient (Wildman–Crippen LogP) is 4.42. The summed E-state index contributed by atoms with van der Waals surface area (Å²) in [7, 11) is 1.65. The van der Waals surface area contributed by atoms with Gasteiger partial charge in [-0.2, -0.15) is 0 Å². The van der Waals surface area contributed by atoms with Crippen molar-refractivity contribution in [3.05, 3.63) is 35.4 Å². The van der Waals surface area contributed by atoms with Crippen molar-refractivity contribution in [2.45, 2.75) is 64.5 Å². The Bertz CT molecular complexity index is 865. The SMILES string of the molecule is COc1ccc(C(=O)NC2CC2)c(OC2CCN(CC3=CC[C@H]4C[C@@H]3C4(C)C)CC2)c1. The van der Waals surface area contributed by atoms with E-state index in [4.69, 9.17) is 9.47 Å². The molecule has 0 unspecified atom stereocenters. The molecular weight excluding hydrogens is 388 g/mol. The number of rotatable bonds is 7. The zero-order valence-electron chi connectivity index (χ0n) is 19.2. The van der Waals surface area contributed by atoms with Crippen molar-refractivity contribution in [2.24, 2.45) is 17.3 Å². The van der Waals surface area contributed by atoms with Gasteiger partial charge in [-0.15, -0.1) is 0 Å². The van der Waals surface area contributed by atoms with Gasteiger partial charge in [-0.05, 0) is 67.9 Å². The van der Waals surface area contributed by atoms with E-state index in [-0.39, 0.29) is 12.0 Å². The lowest BCUT2D eigenvalue weighted by Crippen LogP contribution is -2.50. The molecule has 4 aliphatic carbocycles. The Morgan fingerprint density at radius 3 is 2.61 bits per heavy atom. The first-order valence-corrected chi connectivity index (χ1v) is 12.0. The fraction of sp³-hybridized carbons (Fsp3) is 0.654. The molecule has 2 atom stereocenters. The number of likely N-dealkylation sites (tertiary alicyclic amines) is 1. The molecule has 3 fully saturated rings. The van der Waals surface area contributed by atoms with Crippen molar-refractivity contribution in [2.75, 3.05) is 26.7 Å². The van der Waals surface area contributed by atoms with E-state index < -0.39 is 0 Å². The molecule has 168 valence electrons. The Labute approximate surface area is 186 Å². The van der Waals surface area contributed by atoms with Crippen molar-refractivity contribution in [1.29, 1.82) is 0 Å². The van der Waals surface area contributed by atoms with E-state index in [0.29, 0.717) is 22.8 Å². The molecular formula is C26H36N2O3. The van der Waals surface area contributed by atoms with Gasteiger partial charge in [0, 0.05) is 31.7 Å². The van der Waals surface area contributed by atoms with Crippen LogP contribution in [0.3, 0.4) is 0 Å². The van der Waals surface area contributed by atoms with Gasteiger partial charge in [0.05, 0.1) is 12.7 Å². The van der Waals surface area contributed by atoms with Crippen LogP contribution in [0.1, 0.15) is 62.7 Å². The zero-order chi connectivity index (χ0) is 21.6.